The zero-order valence-electron chi connectivity index (χ0n) is 15.4. The fourth-order valence-corrected chi connectivity index (χ4v) is 3.37. The lowest BCUT2D eigenvalue weighted by atomic mass is 10.1. The molecule has 1 unspecified atom stereocenters. The van der Waals surface area contributed by atoms with Crippen LogP contribution in [-0.4, -0.2) is 31.1 Å². The lowest BCUT2D eigenvalue weighted by Crippen LogP contribution is -2.47. The van der Waals surface area contributed by atoms with Gasteiger partial charge >= 0.3 is 6.03 Å². The molecular formula is C21H26N4O2. The minimum absolute atomic E-state index is 0.289. The summed E-state index contributed by atoms with van der Waals surface area (Å²) < 4.78 is 0. The van der Waals surface area contributed by atoms with Crippen LogP contribution >= 0.6 is 0 Å². The van der Waals surface area contributed by atoms with E-state index in [-0.39, 0.29) is 5.91 Å². The number of piperidine rings is 1. The first-order valence-corrected chi connectivity index (χ1v) is 9.37. The zero-order chi connectivity index (χ0) is 19.1. The molecule has 2 aromatic rings. The van der Waals surface area contributed by atoms with Crippen LogP contribution < -0.4 is 21.3 Å². The summed E-state index contributed by atoms with van der Waals surface area (Å²) in [5, 5.41) is 5.40. The Balaban J connectivity index is 1.64. The van der Waals surface area contributed by atoms with E-state index in [0.717, 1.165) is 18.7 Å². The van der Waals surface area contributed by atoms with Crippen LogP contribution in [0.1, 0.15) is 24.8 Å². The second kappa shape index (κ2) is 9.07. The number of nitrogens with zero attached hydrogens (tertiary/aromatic N) is 1. The largest absolute Gasteiger partial charge is 0.372 e. The molecule has 0 bridgehead atoms. The second-order valence-electron chi connectivity index (χ2n) is 6.83. The highest BCUT2D eigenvalue weighted by Crippen LogP contribution is 2.22. The number of amides is 3. The van der Waals surface area contributed by atoms with Crippen molar-refractivity contribution < 1.29 is 9.59 Å². The highest BCUT2D eigenvalue weighted by Gasteiger charge is 2.20. The molecule has 1 aliphatic heterocycles. The third-order valence-electron chi connectivity index (χ3n) is 4.77. The summed E-state index contributed by atoms with van der Waals surface area (Å²) >= 11 is 0. The van der Waals surface area contributed by atoms with E-state index in [2.05, 4.69) is 15.5 Å². The van der Waals surface area contributed by atoms with Crippen molar-refractivity contribution in [2.24, 2.45) is 5.73 Å². The van der Waals surface area contributed by atoms with Gasteiger partial charge < -0.3 is 21.3 Å². The molecule has 6 nitrogen and oxygen atoms in total. The molecule has 1 fully saturated rings. The van der Waals surface area contributed by atoms with Crippen molar-refractivity contribution in [3.05, 3.63) is 60.2 Å². The topological polar surface area (TPSA) is 87.5 Å². The van der Waals surface area contributed by atoms with Crippen LogP contribution in [-0.2, 0) is 11.2 Å². The van der Waals surface area contributed by atoms with Gasteiger partial charge in [0.2, 0.25) is 5.91 Å². The minimum atomic E-state index is -0.730. The molecule has 1 heterocycles. The van der Waals surface area contributed by atoms with Gasteiger partial charge in [-0.25, -0.2) is 4.79 Å². The number of benzene rings is 2. The normalized spacial score (nSPS) is 15.0. The Morgan fingerprint density at radius 1 is 0.963 bits per heavy atom. The van der Waals surface area contributed by atoms with Gasteiger partial charge in [-0.05, 0) is 49.1 Å². The summed E-state index contributed by atoms with van der Waals surface area (Å²) in [6, 6.07) is 15.9. The average Bonchev–Trinajstić information content (AvgIpc) is 2.69. The number of anilines is 2. The zero-order valence-corrected chi connectivity index (χ0v) is 15.4. The summed E-state index contributed by atoms with van der Waals surface area (Å²) in [5.74, 6) is -0.289. The Morgan fingerprint density at radius 3 is 2.26 bits per heavy atom. The maximum absolute atomic E-state index is 12.6. The summed E-state index contributed by atoms with van der Waals surface area (Å²) in [5.41, 5.74) is 8.07. The van der Waals surface area contributed by atoms with E-state index in [9.17, 15) is 9.59 Å². The second-order valence-corrected chi connectivity index (χ2v) is 6.83. The molecule has 3 rings (SSSR count). The summed E-state index contributed by atoms with van der Waals surface area (Å²) in [4.78, 5) is 26.3. The molecule has 0 radical (unpaired) electrons. The molecule has 142 valence electrons. The van der Waals surface area contributed by atoms with Gasteiger partial charge in [-0.1, -0.05) is 30.3 Å². The monoisotopic (exact) mass is 366 g/mol. The van der Waals surface area contributed by atoms with Crippen molar-refractivity contribution in [3.8, 4) is 0 Å². The van der Waals surface area contributed by atoms with Crippen molar-refractivity contribution in [1.82, 2.24) is 5.32 Å². The number of nitrogens with one attached hydrogen (secondary N) is 2. The molecule has 3 amide bonds. The molecule has 1 atom stereocenters. The minimum Gasteiger partial charge on any atom is -0.372 e. The van der Waals surface area contributed by atoms with Crippen LogP contribution in [0.4, 0.5) is 16.2 Å². The number of urea groups is 1. The molecular weight excluding hydrogens is 340 g/mol. The van der Waals surface area contributed by atoms with E-state index in [4.69, 9.17) is 5.73 Å². The van der Waals surface area contributed by atoms with Gasteiger partial charge in [-0.3, -0.25) is 4.79 Å². The third kappa shape index (κ3) is 5.48. The van der Waals surface area contributed by atoms with E-state index in [1.54, 1.807) is 0 Å². The van der Waals surface area contributed by atoms with E-state index >= 15 is 0 Å². The van der Waals surface area contributed by atoms with Crippen LogP contribution in [0, 0.1) is 0 Å². The van der Waals surface area contributed by atoms with E-state index < -0.39 is 12.1 Å². The van der Waals surface area contributed by atoms with Gasteiger partial charge in [0, 0.05) is 30.9 Å². The smallest absolute Gasteiger partial charge is 0.312 e. The third-order valence-corrected chi connectivity index (χ3v) is 4.77. The Bertz CT molecular complexity index is 756. The van der Waals surface area contributed by atoms with E-state index in [1.165, 1.54) is 24.9 Å². The van der Waals surface area contributed by atoms with E-state index in [0.29, 0.717) is 12.1 Å². The molecule has 2 aromatic carbocycles. The van der Waals surface area contributed by atoms with Crippen LogP contribution in [0.15, 0.2) is 54.6 Å². The number of primary amides is 1. The van der Waals surface area contributed by atoms with Gasteiger partial charge in [0.15, 0.2) is 0 Å². The number of rotatable bonds is 6. The van der Waals surface area contributed by atoms with Crippen molar-refractivity contribution in [3.63, 3.8) is 0 Å². The Morgan fingerprint density at radius 2 is 1.63 bits per heavy atom. The fourth-order valence-electron chi connectivity index (χ4n) is 3.37. The SMILES string of the molecule is NC(=O)NC(Cc1ccccc1)C(=O)Nc1ccc(N2CCCCC2)cc1. The first kappa shape index (κ1) is 18.8. The van der Waals surface area contributed by atoms with E-state index in [1.807, 2.05) is 54.6 Å². The van der Waals surface area contributed by atoms with Gasteiger partial charge in [-0.15, -0.1) is 0 Å². The number of carbonyl (C=O) groups is 2. The molecule has 6 heteroatoms. The Kier molecular flexibility index (Phi) is 6.30. The Hall–Kier alpha value is -3.02. The first-order valence-electron chi connectivity index (χ1n) is 9.37. The van der Waals surface area contributed by atoms with Crippen LogP contribution in [0.25, 0.3) is 0 Å². The summed E-state index contributed by atoms with van der Waals surface area (Å²) in [7, 11) is 0. The van der Waals surface area contributed by atoms with Crippen molar-refractivity contribution in [2.45, 2.75) is 31.7 Å². The van der Waals surface area contributed by atoms with Gasteiger partial charge in [0.1, 0.15) is 6.04 Å². The molecule has 0 saturated carbocycles. The Labute approximate surface area is 159 Å². The maximum Gasteiger partial charge on any atom is 0.312 e. The summed E-state index contributed by atoms with van der Waals surface area (Å²) in [6.45, 7) is 2.15. The van der Waals surface area contributed by atoms with Crippen molar-refractivity contribution in [2.75, 3.05) is 23.3 Å². The quantitative estimate of drug-likeness (QED) is 0.735. The van der Waals surface area contributed by atoms with Crippen LogP contribution in [0.3, 0.4) is 0 Å². The highest BCUT2D eigenvalue weighted by atomic mass is 16.2. The van der Waals surface area contributed by atoms with Crippen LogP contribution in [0.5, 0.6) is 0 Å². The van der Waals surface area contributed by atoms with Crippen molar-refractivity contribution in [1.29, 1.82) is 0 Å². The number of hydrogen-bond acceptors (Lipinski definition) is 3. The number of nitrogens with two attached hydrogens (primary N) is 1. The standard InChI is InChI=1S/C21H26N4O2/c22-21(27)24-19(15-16-7-3-1-4-8-16)20(26)23-17-9-11-18(12-10-17)25-13-5-2-6-14-25/h1,3-4,7-12,19H,2,5-6,13-15H2,(H,23,26)(H3,22,24,27). The molecule has 1 saturated heterocycles. The summed E-state index contributed by atoms with van der Waals surface area (Å²) in [6.07, 6.45) is 4.11. The van der Waals surface area contributed by atoms with Gasteiger partial charge in [-0.2, -0.15) is 0 Å². The highest BCUT2D eigenvalue weighted by molar-refractivity contribution is 5.97. The molecule has 0 aromatic heterocycles. The van der Waals surface area contributed by atoms with Crippen molar-refractivity contribution >= 4 is 23.3 Å². The van der Waals surface area contributed by atoms with Gasteiger partial charge in [0.05, 0.1) is 0 Å². The first-order chi connectivity index (χ1) is 13.1. The molecule has 0 spiro atoms. The molecule has 27 heavy (non-hydrogen) atoms. The lowest BCUT2D eigenvalue weighted by Gasteiger charge is -2.29. The number of carbonyl (C=O) groups excluding carboxylic acids is 2. The number of hydrogen-bond donors (Lipinski definition) is 3. The molecule has 1 aliphatic rings. The fraction of sp³-hybridized carbons (Fsp3) is 0.333. The van der Waals surface area contributed by atoms with Gasteiger partial charge in [0.25, 0.3) is 0 Å². The predicted molar refractivity (Wildman–Crippen MR) is 108 cm³/mol. The molecule has 0 aliphatic carbocycles. The maximum atomic E-state index is 12.6. The predicted octanol–water partition coefficient (Wildman–Crippen LogP) is 2.90. The average molecular weight is 366 g/mol. The lowest BCUT2D eigenvalue weighted by molar-refractivity contribution is -0.117. The van der Waals surface area contributed by atoms with Crippen LogP contribution in [0.2, 0.25) is 0 Å². The molecule has 4 N–H and O–H groups in total.